The van der Waals surface area contributed by atoms with E-state index in [1.165, 1.54) is 18.3 Å². The minimum atomic E-state index is -0.648. The van der Waals surface area contributed by atoms with Crippen molar-refractivity contribution in [2.24, 2.45) is 0 Å². The second-order valence-electron chi connectivity index (χ2n) is 14.6. The van der Waals surface area contributed by atoms with E-state index in [0.29, 0.717) is 41.6 Å². The molecule has 15 heteroatoms. The number of benzene rings is 4. The third-order valence-electron chi connectivity index (χ3n) is 10.5. The van der Waals surface area contributed by atoms with Crippen LogP contribution in [0.5, 0.6) is 11.5 Å². The molecule has 61 heavy (non-hydrogen) atoms. The fraction of sp³-hybridized carbons (Fsp3) is 0.239. The highest BCUT2D eigenvalue weighted by Crippen LogP contribution is 2.36. The molecule has 310 valence electrons. The minimum absolute atomic E-state index is 0.0210. The molecule has 0 spiro atoms. The molecule has 0 radical (unpaired) electrons. The normalized spacial score (nSPS) is 13.8. The van der Waals surface area contributed by atoms with Crippen LogP contribution in [0.25, 0.3) is 22.4 Å². The van der Waals surface area contributed by atoms with Crippen molar-refractivity contribution in [3.05, 3.63) is 163 Å². The molecule has 1 aliphatic heterocycles. The number of hydrogen-bond acceptors (Lipinski definition) is 10. The van der Waals surface area contributed by atoms with Crippen molar-refractivity contribution in [1.29, 1.82) is 5.26 Å². The van der Waals surface area contributed by atoms with Crippen molar-refractivity contribution in [2.45, 2.75) is 52.0 Å². The number of rotatable bonds is 15. The Morgan fingerprint density at radius 3 is 2.46 bits per heavy atom. The Labute approximate surface area is 356 Å². The van der Waals surface area contributed by atoms with E-state index >= 15 is 0 Å². The highest BCUT2D eigenvalue weighted by atomic mass is 35.5. The van der Waals surface area contributed by atoms with E-state index in [1.807, 2.05) is 48.5 Å². The number of likely N-dealkylation sites (tertiary alicyclic amines) is 1. The molecule has 3 heterocycles. The van der Waals surface area contributed by atoms with Crippen LogP contribution in [0, 0.1) is 18.3 Å². The number of nitriles is 1. The van der Waals surface area contributed by atoms with Gasteiger partial charge in [0.25, 0.3) is 11.5 Å². The quantitative estimate of drug-likeness (QED) is 0.0881. The van der Waals surface area contributed by atoms with Crippen molar-refractivity contribution in [3.8, 4) is 40.0 Å². The van der Waals surface area contributed by atoms with Gasteiger partial charge in [-0.1, -0.05) is 78.7 Å². The molecule has 14 nitrogen and oxygen atoms in total. The number of halogens is 1. The van der Waals surface area contributed by atoms with Crippen LogP contribution in [0.2, 0.25) is 5.02 Å². The van der Waals surface area contributed by atoms with E-state index in [9.17, 15) is 24.4 Å². The summed E-state index contributed by atoms with van der Waals surface area (Å²) in [4.78, 5) is 56.4. The highest BCUT2D eigenvalue weighted by molar-refractivity contribution is 6.32. The first kappa shape index (κ1) is 42.1. The molecule has 6 aromatic rings. The van der Waals surface area contributed by atoms with Gasteiger partial charge in [-0.25, -0.2) is 4.79 Å². The molecular weight excluding hydrogens is 796 g/mol. The molecule has 1 unspecified atom stereocenters. The molecule has 7 rings (SSSR count). The van der Waals surface area contributed by atoms with Crippen LogP contribution in [-0.2, 0) is 24.6 Å². The van der Waals surface area contributed by atoms with Crippen molar-refractivity contribution in [2.75, 3.05) is 19.6 Å². The maximum absolute atomic E-state index is 13.6. The van der Waals surface area contributed by atoms with Crippen LogP contribution in [0.1, 0.15) is 57.6 Å². The number of nitrogens with zero attached hydrogens (tertiary/aromatic N) is 4. The van der Waals surface area contributed by atoms with Gasteiger partial charge in [0.15, 0.2) is 5.69 Å². The van der Waals surface area contributed by atoms with Crippen LogP contribution >= 0.6 is 11.6 Å². The van der Waals surface area contributed by atoms with Gasteiger partial charge >= 0.3 is 5.69 Å². The Bertz CT molecular complexity index is 2680. The summed E-state index contributed by atoms with van der Waals surface area (Å²) >= 11 is 6.93. The Kier molecular flexibility index (Phi) is 13.6. The number of carbonyl (C=O) groups is 2. The Morgan fingerprint density at radius 2 is 1.67 bits per heavy atom. The van der Waals surface area contributed by atoms with Gasteiger partial charge in [0.2, 0.25) is 5.91 Å². The zero-order valence-corrected chi connectivity index (χ0v) is 34.1. The average Bonchev–Trinajstić information content (AvgIpc) is 3.28. The molecular formula is C46H43ClN8O6. The summed E-state index contributed by atoms with van der Waals surface area (Å²) in [5.74, 6) is 0.330. The molecule has 2 aromatic heterocycles. The van der Waals surface area contributed by atoms with E-state index < -0.39 is 23.2 Å². The van der Waals surface area contributed by atoms with Crippen LogP contribution in [0.4, 0.5) is 0 Å². The van der Waals surface area contributed by atoms with Crippen LogP contribution in [0.15, 0.2) is 113 Å². The van der Waals surface area contributed by atoms with E-state index in [1.54, 1.807) is 18.2 Å². The zero-order valence-electron chi connectivity index (χ0n) is 33.4. The van der Waals surface area contributed by atoms with E-state index in [0.717, 1.165) is 46.2 Å². The second kappa shape index (κ2) is 19.8. The Morgan fingerprint density at radius 1 is 0.869 bits per heavy atom. The summed E-state index contributed by atoms with van der Waals surface area (Å²) in [6.45, 7) is 3.92. The number of carbonyl (C=O) groups excluding carboxylic acids is 2. The summed E-state index contributed by atoms with van der Waals surface area (Å²) in [6, 6.07) is 31.8. The zero-order chi connectivity index (χ0) is 42.7. The molecule has 1 fully saturated rings. The first-order valence-electron chi connectivity index (χ1n) is 19.8. The third kappa shape index (κ3) is 10.6. The number of amides is 2. The number of hydrogen-bond donors (Lipinski definition) is 4. The van der Waals surface area contributed by atoms with Gasteiger partial charge < -0.3 is 25.1 Å². The van der Waals surface area contributed by atoms with Crippen LogP contribution < -0.4 is 31.4 Å². The van der Waals surface area contributed by atoms with Crippen LogP contribution in [0.3, 0.4) is 0 Å². The molecule has 0 aliphatic carbocycles. The lowest BCUT2D eigenvalue weighted by molar-refractivity contribution is -0.127. The van der Waals surface area contributed by atoms with Crippen molar-refractivity contribution in [1.82, 2.24) is 35.7 Å². The molecule has 1 saturated heterocycles. The molecule has 4 aromatic carbocycles. The van der Waals surface area contributed by atoms with Gasteiger partial charge in [-0.3, -0.25) is 24.3 Å². The number of nitrogens with one attached hydrogen (secondary N) is 4. The molecule has 1 atom stereocenters. The topological polar surface area (TPSA) is 195 Å². The van der Waals surface area contributed by atoms with Gasteiger partial charge in [-0.2, -0.15) is 5.26 Å². The number of aromatic nitrogens is 4. The largest absolute Gasteiger partial charge is 0.488 e. The third-order valence-corrected chi connectivity index (χ3v) is 10.8. The molecule has 2 amide bonds. The van der Waals surface area contributed by atoms with Gasteiger partial charge in [-0.05, 0) is 84.5 Å². The summed E-state index contributed by atoms with van der Waals surface area (Å²) in [7, 11) is 0. The van der Waals surface area contributed by atoms with E-state index in [2.05, 4.69) is 66.9 Å². The maximum Gasteiger partial charge on any atom is 0.325 e. The fourth-order valence-electron chi connectivity index (χ4n) is 7.23. The molecule has 1 aliphatic rings. The van der Waals surface area contributed by atoms with Gasteiger partial charge in [0.05, 0.1) is 34.0 Å². The first-order chi connectivity index (χ1) is 29.7. The average molecular weight is 839 g/mol. The van der Waals surface area contributed by atoms with E-state index in [4.69, 9.17) is 21.1 Å². The fourth-order valence-corrected chi connectivity index (χ4v) is 7.47. The number of H-pyrrole nitrogens is 2. The standard InChI is InChI=1S/C46H43ClN8O6/c1-29-33(13-8-14-35(29)32-11-3-2-4-12-32)28-61-42-23-41(60-27-31-10-7-9-30(21-31)24-48)34(22-37(42)47)26-55-20-6-5-15-40(55)45(58)50-19-18-49-44(57)39-17-16-38(53-54-39)36-25-51-46(59)52-43(36)56/h2-4,7-14,16-17,21-23,25,40H,5-6,15,18-20,26-28H2,1H3,(H,49,57)(H,50,58)(H2,51,52,56,59). The monoisotopic (exact) mass is 838 g/mol. The minimum Gasteiger partial charge on any atom is -0.488 e. The Balaban J connectivity index is 1.01. The predicted octanol–water partition coefficient (Wildman–Crippen LogP) is 6.08. The summed E-state index contributed by atoms with van der Waals surface area (Å²) in [6.07, 6.45) is 3.65. The number of ether oxygens (including phenoxy) is 2. The smallest absolute Gasteiger partial charge is 0.325 e. The summed E-state index contributed by atoms with van der Waals surface area (Å²) < 4.78 is 12.8. The van der Waals surface area contributed by atoms with Gasteiger partial charge in [0, 0.05) is 37.5 Å². The highest BCUT2D eigenvalue weighted by Gasteiger charge is 2.30. The van der Waals surface area contributed by atoms with Gasteiger partial charge in [-0.15, -0.1) is 10.2 Å². The molecule has 0 bridgehead atoms. The number of piperidine rings is 1. The van der Waals surface area contributed by atoms with Crippen molar-refractivity contribution < 1.29 is 19.1 Å². The van der Waals surface area contributed by atoms with Crippen LogP contribution in [-0.4, -0.2) is 62.6 Å². The van der Waals surface area contributed by atoms with Crippen molar-refractivity contribution in [3.63, 3.8) is 0 Å². The second-order valence-corrected chi connectivity index (χ2v) is 15.0. The lowest BCUT2D eigenvalue weighted by Gasteiger charge is -2.35. The summed E-state index contributed by atoms with van der Waals surface area (Å²) in [5.41, 5.74) is 5.53. The predicted molar refractivity (Wildman–Crippen MR) is 230 cm³/mol. The number of aromatic amines is 2. The van der Waals surface area contributed by atoms with Gasteiger partial charge in [0.1, 0.15) is 24.7 Å². The first-order valence-corrected chi connectivity index (χ1v) is 20.2. The lowest BCUT2D eigenvalue weighted by atomic mass is 9.97. The van der Waals surface area contributed by atoms with E-state index in [-0.39, 0.29) is 49.2 Å². The molecule has 0 saturated carbocycles. The van der Waals surface area contributed by atoms with Crippen molar-refractivity contribution >= 4 is 23.4 Å². The SMILES string of the molecule is Cc1c(COc2cc(OCc3cccc(C#N)c3)c(CN3CCCCC3C(=O)NCCNC(=O)c3ccc(-c4c[nH]c(=O)[nH]c4=O)nn3)cc2Cl)cccc1-c1ccccc1. The maximum atomic E-state index is 13.6. The Hall–Kier alpha value is -7.08. The lowest BCUT2D eigenvalue weighted by Crippen LogP contribution is -2.50. The summed E-state index contributed by atoms with van der Waals surface area (Å²) in [5, 5.41) is 23.4. The molecule has 4 N–H and O–H groups in total.